The predicted octanol–water partition coefficient (Wildman–Crippen LogP) is 3.53. The Morgan fingerprint density at radius 1 is 1.11 bits per heavy atom. The van der Waals surface area contributed by atoms with Crippen molar-refractivity contribution in [1.82, 2.24) is 5.32 Å². The van der Waals surface area contributed by atoms with Gasteiger partial charge in [-0.25, -0.2) is 4.79 Å². The Labute approximate surface area is 162 Å². The zero-order valence-corrected chi connectivity index (χ0v) is 15.7. The van der Waals surface area contributed by atoms with Crippen LogP contribution in [0.2, 0.25) is 0 Å². The third-order valence-electron chi connectivity index (χ3n) is 4.39. The summed E-state index contributed by atoms with van der Waals surface area (Å²) in [7, 11) is 0. The summed E-state index contributed by atoms with van der Waals surface area (Å²) in [6, 6.07) is 15.4. The Morgan fingerprint density at radius 3 is 2.54 bits per heavy atom. The number of carbonyl (C=O) groups excluding carboxylic acids is 2. The molecule has 0 fully saturated rings. The van der Waals surface area contributed by atoms with Crippen molar-refractivity contribution >= 4 is 22.8 Å². The van der Waals surface area contributed by atoms with Gasteiger partial charge < -0.3 is 14.5 Å². The molecule has 6 heteroatoms. The van der Waals surface area contributed by atoms with E-state index >= 15 is 0 Å². The molecule has 1 amide bonds. The van der Waals surface area contributed by atoms with E-state index in [4.69, 9.17) is 9.15 Å². The highest BCUT2D eigenvalue weighted by atomic mass is 16.5. The molecule has 0 spiro atoms. The van der Waals surface area contributed by atoms with E-state index in [-0.39, 0.29) is 22.8 Å². The van der Waals surface area contributed by atoms with Gasteiger partial charge >= 0.3 is 5.97 Å². The predicted molar refractivity (Wildman–Crippen MR) is 105 cm³/mol. The van der Waals surface area contributed by atoms with Gasteiger partial charge in [-0.05, 0) is 31.0 Å². The van der Waals surface area contributed by atoms with Crippen LogP contribution in [0, 0.1) is 6.92 Å². The molecule has 28 heavy (non-hydrogen) atoms. The van der Waals surface area contributed by atoms with Gasteiger partial charge in [-0.15, -0.1) is 0 Å². The van der Waals surface area contributed by atoms with Crippen LogP contribution < -0.4 is 10.7 Å². The van der Waals surface area contributed by atoms with Crippen LogP contribution in [0.4, 0.5) is 0 Å². The Bertz CT molecular complexity index is 1050. The normalized spacial score (nSPS) is 11.8. The number of para-hydroxylation sites is 1. The zero-order valence-electron chi connectivity index (χ0n) is 15.7. The van der Waals surface area contributed by atoms with Crippen molar-refractivity contribution < 1.29 is 18.7 Å². The third kappa shape index (κ3) is 4.46. The van der Waals surface area contributed by atoms with Gasteiger partial charge in [0.05, 0.1) is 11.4 Å². The molecule has 144 valence electrons. The largest absolute Gasteiger partial charge is 0.450 e. The molecule has 1 heterocycles. The highest BCUT2D eigenvalue weighted by Gasteiger charge is 2.17. The lowest BCUT2D eigenvalue weighted by molar-refractivity contribution is -0.125. The molecule has 0 aliphatic rings. The maximum atomic E-state index is 12.2. The molecular formula is C22H21NO5. The van der Waals surface area contributed by atoms with Gasteiger partial charge in [0, 0.05) is 6.07 Å². The summed E-state index contributed by atoms with van der Waals surface area (Å²) in [5.41, 5.74) is 2.06. The van der Waals surface area contributed by atoms with E-state index in [1.807, 2.05) is 38.1 Å². The van der Waals surface area contributed by atoms with Crippen LogP contribution in [0.15, 0.2) is 63.8 Å². The molecule has 3 rings (SSSR count). The van der Waals surface area contributed by atoms with Crippen LogP contribution in [0.5, 0.6) is 0 Å². The lowest BCUT2D eigenvalue weighted by atomic mass is 10.0. The van der Waals surface area contributed by atoms with Gasteiger partial charge in [0.1, 0.15) is 5.58 Å². The minimum atomic E-state index is -0.860. The molecule has 1 N–H and O–H groups in total. The van der Waals surface area contributed by atoms with E-state index in [1.54, 1.807) is 24.3 Å². The average Bonchev–Trinajstić information content (AvgIpc) is 2.71. The molecular weight excluding hydrogens is 358 g/mol. The van der Waals surface area contributed by atoms with Crippen molar-refractivity contribution in [2.45, 2.75) is 26.3 Å². The van der Waals surface area contributed by atoms with Crippen molar-refractivity contribution in [3.63, 3.8) is 0 Å². The van der Waals surface area contributed by atoms with E-state index < -0.39 is 18.5 Å². The standard InChI is InChI=1S/C22H21NO5/c1-3-17(15-10-8-14(2)9-11-15)23-21(25)13-27-22(26)20-12-18(24)16-6-4-5-7-19(16)28-20/h4-12,17H,3,13H2,1-2H3,(H,23,25)/t17-/m0/s1. The number of benzene rings is 2. The van der Waals surface area contributed by atoms with Crippen molar-refractivity contribution in [2.24, 2.45) is 0 Å². The fourth-order valence-corrected chi connectivity index (χ4v) is 2.86. The quantitative estimate of drug-likeness (QED) is 0.662. The number of ether oxygens (including phenoxy) is 1. The van der Waals surface area contributed by atoms with Crippen molar-refractivity contribution in [2.75, 3.05) is 6.61 Å². The van der Waals surface area contributed by atoms with Crippen molar-refractivity contribution in [3.8, 4) is 0 Å². The lowest BCUT2D eigenvalue weighted by Gasteiger charge is -2.17. The first-order valence-corrected chi connectivity index (χ1v) is 9.04. The molecule has 0 aliphatic carbocycles. The maximum absolute atomic E-state index is 12.2. The summed E-state index contributed by atoms with van der Waals surface area (Å²) in [6.07, 6.45) is 0.697. The van der Waals surface area contributed by atoms with E-state index in [2.05, 4.69) is 5.32 Å². The fraction of sp³-hybridized carbons (Fsp3) is 0.227. The Balaban J connectivity index is 1.63. The second kappa shape index (κ2) is 8.52. The SMILES string of the molecule is CC[C@H](NC(=O)COC(=O)c1cc(=O)c2ccccc2o1)c1ccc(C)cc1. The average molecular weight is 379 g/mol. The summed E-state index contributed by atoms with van der Waals surface area (Å²) >= 11 is 0. The molecule has 0 saturated heterocycles. The monoisotopic (exact) mass is 379 g/mol. The molecule has 1 atom stereocenters. The van der Waals surface area contributed by atoms with Gasteiger partial charge in [-0.2, -0.15) is 0 Å². The molecule has 0 saturated carbocycles. The first-order valence-electron chi connectivity index (χ1n) is 9.04. The minimum absolute atomic E-state index is 0.176. The molecule has 0 unspecified atom stereocenters. The summed E-state index contributed by atoms with van der Waals surface area (Å²) in [5, 5.41) is 3.22. The molecule has 3 aromatic rings. The van der Waals surface area contributed by atoms with Crippen LogP contribution in [0.1, 0.15) is 41.1 Å². The van der Waals surface area contributed by atoms with Gasteiger partial charge in [0.2, 0.25) is 5.76 Å². The van der Waals surface area contributed by atoms with Gasteiger partial charge in [0.25, 0.3) is 5.91 Å². The van der Waals surface area contributed by atoms with Crippen LogP contribution in [0.3, 0.4) is 0 Å². The van der Waals surface area contributed by atoms with E-state index in [9.17, 15) is 14.4 Å². The van der Waals surface area contributed by atoms with Crippen LogP contribution >= 0.6 is 0 Å². The molecule has 1 aromatic heterocycles. The Hall–Kier alpha value is -3.41. The number of fused-ring (bicyclic) bond motifs is 1. The third-order valence-corrected chi connectivity index (χ3v) is 4.39. The molecule has 0 aliphatic heterocycles. The van der Waals surface area contributed by atoms with Gasteiger partial charge in [-0.3, -0.25) is 9.59 Å². The van der Waals surface area contributed by atoms with Crippen molar-refractivity contribution in [1.29, 1.82) is 0 Å². The number of hydrogen-bond donors (Lipinski definition) is 1. The molecule has 0 bridgehead atoms. The van der Waals surface area contributed by atoms with Crippen LogP contribution in [-0.4, -0.2) is 18.5 Å². The van der Waals surface area contributed by atoms with Crippen molar-refractivity contribution in [3.05, 3.63) is 81.7 Å². The van der Waals surface area contributed by atoms with E-state index in [0.29, 0.717) is 11.8 Å². The smallest absolute Gasteiger partial charge is 0.374 e. The molecule has 6 nitrogen and oxygen atoms in total. The summed E-state index contributed by atoms with van der Waals surface area (Å²) in [4.78, 5) is 36.4. The first kappa shape index (κ1) is 19.4. The summed E-state index contributed by atoms with van der Waals surface area (Å²) in [5.74, 6) is -1.52. The number of hydrogen-bond acceptors (Lipinski definition) is 5. The summed E-state index contributed by atoms with van der Waals surface area (Å²) in [6.45, 7) is 3.49. The highest BCUT2D eigenvalue weighted by molar-refractivity contribution is 5.90. The Kier molecular flexibility index (Phi) is 5.89. The molecule has 2 aromatic carbocycles. The number of aryl methyl sites for hydroxylation is 1. The number of amides is 1. The second-order valence-electron chi connectivity index (χ2n) is 6.49. The van der Waals surface area contributed by atoms with Crippen LogP contribution in [-0.2, 0) is 9.53 Å². The number of nitrogens with one attached hydrogen (secondary N) is 1. The fourth-order valence-electron chi connectivity index (χ4n) is 2.86. The van der Waals surface area contributed by atoms with Gasteiger partial charge in [0.15, 0.2) is 12.0 Å². The molecule has 0 radical (unpaired) electrons. The van der Waals surface area contributed by atoms with Crippen LogP contribution in [0.25, 0.3) is 11.0 Å². The highest BCUT2D eigenvalue weighted by Crippen LogP contribution is 2.17. The van der Waals surface area contributed by atoms with E-state index in [1.165, 1.54) is 0 Å². The number of carbonyl (C=O) groups is 2. The lowest BCUT2D eigenvalue weighted by Crippen LogP contribution is -2.32. The zero-order chi connectivity index (χ0) is 20.1. The summed E-state index contributed by atoms with van der Waals surface area (Å²) < 4.78 is 10.4. The Morgan fingerprint density at radius 2 is 1.82 bits per heavy atom. The van der Waals surface area contributed by atoms with E-state index in [0.717, 1.165) is 17.2 Å². The number of rotatable bonds is 6. The topological polar surface area (TPSA) is 85.6 Å². The second-order valence-corrected chi connectivity index (χ2v) is 6.49. The van der Waals surface area contributed by atoms with Gasteiger partial charge in [-0.1, -0.05) is 48.9 Å². The minimum Gasteiger partial charge on any atom is -0.450 e. The maximum Gasteiger partial charge on any atom is 0.374 e. The number of esters is 1. The first-order chi connectivity index (χ1) is 13.5.